The quantitative estimate of drug-likeness (QED) is 0.269. The first-order valence-corrected chi connectivity index (χ1v) is 17.8. The van der Waals surface area contributed by atoms with E-state index in [-0.39, 0.29) is 12.5 Å². The van der Waals surface area contributed by atoms with Gasteiger partial charge in [0.15, 0.2) is 0 Å². The smallest absolute Gasteiger partial charge is 0.344 e. The third-order valence-corrected chi connectivity index (χ3v) is 13.5. The third-order valence-electron chi connectivity index (χ3n) is 13.5. The molecule has 1 aromatic carbocycles. The monoisotopic (exact) mass is 666 g/mol. The van der Waals surface area contributed by atoms with Crippen molar-refractivity contribution in [3.63, 3.8) is 0 Å². The highest BCUT2D eigenvalue weighted by Gasteiger charge is 2.94. The van der Waals surface area contributed by atoms with Gasteiger partial charge in [-0.15, -0.1) is 0 Å². The molecule has 2 N–H and O–H groups in total. The average Bonchev–Trinajstić information content (AvgIpc) is 3.57. The van der Waals surface area contributed by atoms with Gasteiger partial charge in [-0.3, -0.25) is 0 Å². The van der Waals surface area contributed by atoms with Crippen LogP contribution in [0.1, 0.15) is 82.5 Å². The Morgan fingerprint density at radius 2 is 1.77 bits per heavy atom. The molecule has 0 amide bonds. The van der Waals surface area contributed by atoms with Crippen LogP contribution in [-0.2, 0) is 38.0 Å². The van der Waals surface area contributed by atoms with Crippen LogP contribution in [0.4, 0.5) is 0 Å². The van der Waals surface area contributed by atoms with Crippen LogP contribution in [0.5, 0.6) is 0 Å². The Hall–Kier alpha value is -2.38. The van der Waals surface area contributed by atoms with Crippen LogP contribution in [0.3, 0.4) is 0 Å². The Kier molecular flexibility index (Phi) is 6.66. The zero-order valence-corrected chi connectivity index (χ0v) is 27.9. The molecule has 0 radical (unpaired) electrons. The number of carbonyl (C=O) groups excluding carboxylic acids is 2. The number of benzene rings is 1. The number of esters is 2. The predicted octanol–water partition coefficient (Wildman–Crippen LogP) is 3.79. The number of hydrogen-bond acceptors (Lipinski definition) is 11. The molecule has 8 fully saturated rings. The molecule has 2 aliphatic carbocycles. The summed E-state index contributed by atoms with van der Waals surface area (Å²) < 4.78 is 47.0. The summed E-state index contributed by atoms with van der Waals surface area (Å²) in [5.41, 5.74) is -4.63. The van der Waals surface area contributed by atoms with Crippen LogP contribution in [0.15, 0.2) is 42.5 Å². The van der Waals surface area contributed by atoms with Crippen LogP contribution in [0.25, 0.3) is 0 Å². The fourth-order valence-electron chi connectivity index (χ4n) is 11.5. The van der Waals surface area contributed by atoms with Gasteiger partial charge < -0.3 is 43.4 Å². The van der Waals surface area contributed by atoms with Crippen molar-refractivity contribution in [2.75, 3.05) is 13.2 Å². The van der Waals surface area contributed by atoms with Crippen LogP contribution >= 0.6 is 0 Å². The summed E-state index contributed by atoms with van der Waals surface area (Å²) in [4.78, 5) is 27.9. The topological polar surface area (TPSA) is 143 Å². The van der Waals surface area contributed by atoms with Crippen molar-refractivity contribution in [1.29, 1.82) is 0 Å². The lowest BCUT2D eigenvalue weighted by Crippen LogP contribution is -2.75. The number of ether oxygens (including phenoxy) is 7. The summed E-state index contributed by atoms with van der Waals surface area (Å²) in [6.45, 7) is 9.66. The summed E-state index contributed by atoms with van der Waals surface area (Å²) in [7, 11) is 0. The van der Waals surface area contributed by atoms with Gasteiger partial charge in [-0.25, -0.2) is 9.59 Å². The Labute approximate surface area is 280 Å². The maximum absolute atomic E-state index is 14.4. The van der Waals surface area contributed by atoms with E-state index in [1.807, 2.05) is 13.0 Å². The summed E-state index contributed by atoms with van der Waals surface area (Å²) in [6, 6.07) is 8.83. The van der Waals surface area contributed by atoms with E-state index in [1.54, 1.807) is 31.2 Å². The van der Waals surface area contributed by atoms with Gasteiger partial charge in [-0.05, 0) is 43.4 Å². The zero-order valence-electron chi connectivity index (χ0n) is 27.9. The third kappa shape index (κ3) is 3.69. The number of epoxide rings is 1. The Morgan fingerprint density at radius 3 is 2.52 bits per heavy atom. The number of rotatable bonds is 5. The summed E-state index contributed by atoms with van der Waals surface area (Å²) in [5.74, 6) is -6.37. The van der Waals surface area contributed by atoms with Crippen molar-refractivity contribution in [2.24, 2.45) is 29.6 Å². The van der Waals surface area contributed by atoms with Gasteiger partial charge in [0.05, 0.1) is 24.4 Å². The summed E-state index contributed by atoms with van der Waals surface area (Å²) >= 11 is 0. The van der Waals surface area contributed by atoms with Crippen molar-refractivity contribution in [3.05, 3.63) is 48.0 Å². The molecule has 0 aromatic heterocycles. The van der Waals surface area contributed by atoms with Crippen LogP contribution in [-0.4, -0.2) is 87.8 Å². The predicted molar refractivity (Wildman–Crippen MR) is 166 cm³/mol. The van der Waals surface area contributed by atoms with E-state index in [0.717, 1.165) is 44.1 Å². The maximum Gasteiger partial charge on any atom is 0.344 e. The van der Waals surface area contributed by atoms with Gasteiger partial charge in [0.25, 0.3) is 5.97 Å². The Bertz CT molecular complexity index is 1550. The second-order valence-electron chi connectivity index (χ2n) is 16.0. The normalized spacial score (nSPS) is 52.6. The van der Waals surface area contributed by atoms with Gasteiger partial charge in [0, 0.05) is 37.0 Å². The van der Waals surface area contributed by atoms with Crippen molar-refractivity contribution in [2.45, 2.75) is 125 Å². The fourth-order valence-corrected chi connectivity index (χ4v) is 11.5. The second kappa shape index (κ2) is 10.1. The zero-order chi connectivity index (χ0) is 33.5. The lowest BCUT2D eigenvalue weighted by Gasteiger charge is -2.62. The van der Waals surface area contributed by atoms with E-state index >= 15 is 0 Å². The minimum absolute atomic E-state index is 0.000293. The average molecular weight is 667 g/mol. The van der Waals surface area contributed by atoms with Crippen LogP contribution < -0.4 is 0 Å². The molecule has 1 aromatic rings. The number of fused-ring (bicyclic) bond motifs is 3. The number of hydrogen-bond donors (Lipinski definition) is 2. The van der Waals surface area contributed by atoms with Crippen LogP contribution in [0, 0.1) is 29.6 Å². The van der Waals surface area contributed by atoms with Gasteiger partial charge in [-0.2, -0.15) is 0 Å². The molecule has 260 valence electrons. The van der Waals surface area contributed by atoms with E-state index in [0.29, 0.717) is 18.4 Å². The molecular formula is C37H46O11. The first-order chi connectivity index (χ1) is 22.9. The van der Waals surface area contributed by atoms with Gasteiger partial charge in [0.2, 0.25) is 11.4 Å². The summed E-state index contributed by atoms with van der Waals surface area (Å²) in [6.07, 6.45) is 3.55. The van der Waals surface area contributed by atoms with Crippen molar-refractivity contribution in [1.82, 2.24) is 0 Å². The molecule has 3 spiro atoms. The second-order valence-corrected chi connectivity index (χ2v) is 16.0. The lowest BCUT2D eigenvalue weighted by molar-refractivity contribution is -0.436. The molecule has 14 atom stereocenters. The molecule has 8 aliphatic rings. The van der Waals surface area contributed by atoms with E-state index in [9.17, 15) is 19.8 Å². The van der Waals surface area contributed by atoms with Gasteiger partial charge in [0.1, 0.15) is 29.5 Å². The lowest BCUT2D eigenvalue weighted by atomic mass is 9.50. The van der Waals surface area contributed by atoms with E-state index in [1.165, 1.54) is 0 Å². The molecule has 1 unspecified atom stereocenters. The van der Waals surface area contributed by atoms with Crippen molar-refractivity contribution < 1.29 is 53.0 Å². The molecule has 2 saturated carbocycles. The molecular weight excluding hydrogens is 620 g/mol. The summed E-state index contributed by atoms with van der Waals surface area (Å²) in [5, 5.41) is 23.5. The first kappa shape index (κ1) is 31.6. The number of carbonyl (C=O) groups is 2. The first-order valence-electron chi connectivity index (χ1n) is 17.8. The van der Waals surface area contributed by atoms with E-state index in [4.69, 9.17) is 33.2 Å². The molecule has 5 bridgehead atoms. The highest BCUT2D eigenvalue weighted by atomic mass is 16.9. The Morgan fingerprint density at radius 1 is 1.02 bits per heavy atom. The van der Waals surface area contributed by atoms with Gasteiger partial charge in [-0.1, -0.05) is 63.8 Å². The molecule has 6 aliphatic heterocycles. The molecule has 9 rings (SSSR count). The molecule has 48 heavy (non-hydrogen) atoms. The highest BCUT2D eigenvalue weighted by molar-refractivity contribution is 5.89. The maximum atomic E-state index is 14.4. The fraction of sp³-hybridized carbons (Fsp3) is 0.730. The Balaban J connectivity index is 1.29. The van der Waals surface area contributed by atoms with E-state index < -0.39 is 94.7 Å². The largest absolute Gasteiger partial charge is 0.462 e. The molecule has 11 heteroatoms. The number of aliphatic hydroxyl groups is 2. The molecule has 6 heterocycles. The highest BCUT2D eigenvalue weighted by Crippen LogP contribution is 2.77. The molecule has 6 saturated heterocycles. The molecule has 11 nitrogen and oxygen atoms in total. The van der Waals surface area contributed by atoms with Crippen LogP contribution in [0.2, 0.25) is 0 Å². The minimum Gasteiger partial charge on any atom is -0.462 e. The number of aliphatic hydroxyl groups excluding tert-OH is 2. The van der Waals surface area contributed by atoms with Crippen molar-refractivity contribution in [3.8, 4) is 0 Å². The van der Waals surface area contributed by atoms with Gasteiger partial charge >= 0.3 is 11.9 Å². The van der Waals surface area contributed by atoms with Crippen molar-refractivity contribution >= 4 is 11.9 Å². The standard InChI is InChI=1S/C37H46O11/c1-20(2)33-17-23(18-42-29(39)22-14-10-8-11-15-22)36-25-27(33)44-35(47-33,48-36)16-12-7-5-6-9-13-21(3)24-26(36)37(31(41)45-32(24,4)46-37)30(40)34(19-38)28(25)43-34/h8,10-11,14-15,21,23-28,30,38,40H,1,5-7,9,12-13,16-19H2,2-4H3/t21-,23-,24+,25+,26-,27+,28-,30+,32-,33+,34-,35?,36+,37-/m0/s1. The van der Waals surface area contributed by atoms with E-state index in [2.05, 4.69) is 13.5 Å². The minimum atomic E-state index is -1.91. The SMILES string of the molecule is C=C(C)[C@]12C[C@@H](COC(=O)c3ccccc3)[C@]34OC5(CCCCCCC[C@H](C)[C@@H]6[C@@H]3[C@]3(O[C@]6(C)OC3=O)[C@H](O)[C@@]3(CO)O[C@H]3[C@H]4[C@H]1O5)O2.